The first kappa shape index (κ1) is 24.3. The van der Waals surface area contributed by atoms with Gasteiger partial charge < -0.3 is 20.3 Å². The van der Waals surface area contributed by atoms with Gasteiger partial charge >= 0.3 is 0 Å². The first-order valence-corrected chi connectivity index (χ1v) is 12.3. The van der Waals surface area contributed by atoms with Crippen molar-refractivity contribution >= 4 is 11.9 Å². The van der Waals surface area contributed by atoms with Crippen LogP contribution in [0.4, 0.5) is 20.7 Å². The SMILES string of the molecule is CC(C)n1nnc(N2CCC(COc3cnc(N4CC(N)C(c5cc(F)ccc5F)C4)nc3)CC2)n1. The van der Waals surface area contributed by atoms with Crippen LogP contribution >= 0.6 is 0 Å². The highest BCUT2D eigenvalue weighted by Crippen LogP contribution is 2.31. The number of piperidine rings is 1. The molecular formula is C24H31F2N9O. The topological polar surface area (TPSA) is 111 Å². The van der Waals surface area contributed by atoms with Gasteiger partial charge in [0.25, 0.3) is 5.95 Å². The molecule has 4 heterocycles. The molecule has 3 aromatic rings. The molecule has 0 spiro atoms. The molecule has 2 unspecified atom stereocenters. The lowest BCUT2D eigenvalue weighted by atomic mass is 9.94. The summed E-state index contributed by atoms with van der Waals surface area (Å²) >= 11 is 0. The molecule has 0 aliphatic carbocycles. The maximum absolute atomic E-state index is 14.3. The molecule has 2 aromatic heterocycles. The molecule has 12 heteroatoms. The van der Waals surface area contributed by atoms with E-state index in [1.807, 2.05) is 18.7 Å². The van der Waals surface area contributed by atoms with E-state index in [1.165, 1.54) is 6.07 Å². The third-order valence-corrected chi connectivity index (χ3v) is 6.88. The zero-order valence-corrected chi connectivity index (χ0v) is 20.5. The third-order valence-electron chi connectivity index (χ3n) is 6.88. The number of benzene rings is 1. The van der Waals surface area contributed by atoms with Gasteiger partial charge in [0.1, 0.15) is 11.6 Å². The average molecular weight is 500 g/mol. The van der Waals surface area contributed by atoms with E-state index >= 15 is 0 Å². The third kappa shape index (κ3) is 5.23. The first-order valence-electron chi connectivity index (χ1n) is 12.3. The lowest BCUT2D eigenvalue weighted by Gasteiger charge is -2.30. The summed E-state index contributed by atoms with van der Waals surface area (Å²) in [5.74, 6) is 0.918. The summed E-state index contributed by atoms with van der Waals surface area (Å²) in [6.45, 7) is 7.22. The van der Waals surface area contributed by atoms with Crippen LogP contribution in [0.3, 0.4) is 0 Å². The molecule has 2 N–H and O–H groups in total. The number of halogens is 2. The van der Waals surface area contributed by atoms with Crippen LogP contribution in [0.2, 0.25) is 0 Å². The maximum atomic E-state index is 14.3. The summed E-state index contributed by atoms with van der Waals surface area (Å²) < 4.78 is 33.9. The second-order valence-electron chi connectivity index (χ2n) is 9.80. The van der Waals surface area contributed by atoms with Gasteiger partial charge in [0.05, 0.1) is 25.0 Å². The number of hydrogen-bond acceptors (Lipinski definition) is 9. The Kier molecular flexibility index (Phi) is 6.95. The summed E-state index contributed by atoms with van der Waals surface area (Å²) in [5.41, 5.74) is 6.54. The highest BCUT2D eigenvalue weighted by molar-refractivity contribution is 5.39. The Morgan fingerprint density at radius 3 is 2.50 bits per heavy atom. The first-order chi connectivity index (χ1) is 17.4. The van der Waals surface area contributed by atoms with Crippen LogP contribution in [0.1, 0.15) is 44.2 Å². The minimum atomic E-state index is -0.476. The van der Waals surface area contributed by atoms with Crippen LogP contribution in [0.25, 0.3) is 0 Å². The van der Waals surface area contributed by atoms with Crippen molar-refractivity contribution in [3.63, 3.8) is 0 Å². The van der Waals surface area contributed by atoms with E-state index in [2.05, 4.69) is 30.3 Å². The highest BCUT2D eigenvalue weighted by Gasteiger charge is 2.34. The second kappa shape index (κ2) is 10.3. The molecule has 0 saturated carbocycles. The average Bonchev–Trinajstić information content (AvgIpc) is 3.52. The molecule has 5 rings (SSSR count). The number of aromatic nitrogens is 6. The van der Waals surface area contributed by atoms with E-state index in [1.54, 1.807) is 17.2 Å². The van der Waals surface area contributed by atoms with Crippen LogP contribution in [0, 0.1) is 17.6 Å². The van der Waals surface area contributed by atoms with Gasteiger partial charge in [-0.25, -0.2) is 18.7 Å². The number of ether oxygens (including phenoxy) is 1. The quantitative estimate of drug-likeness (QED) is 0.524. The molecule has 2 saturated heterocycles. The Morgan fingerprint density at radius 1 is 1.06 bits per heavy atom. The molecule has 36 heavy (non-hydrogen) atoms. The van der Waals surface area contributed by atoms with Crippen molar-refractivity contribution in [3.8, 4) is 5.75 Å². The van der Waals surface area contributed by atoms with E-state index in [-0.39, 0.29) is 23.6 Å². The van der Waals surface area contributed by atoms with E-state index in [0.717, 1.165) is 38.1 Å². The van der Waals surface area contributed by atoms with E-state index in [9.17, 15) is 8.78 Å². The van der Waals surface area contributed by atoms with Crippen molar-refractivity contribution in [3.05, 3.63) is 47.8 Å². The standard InChI is InChI=1S/C24H31F2N9O/c1-15(2)35-31-24(30-32-35)33-7-5-16(6-8-33)14-36-18-10-28-23(29-11-18)34-12-20(22(27)13-34)19-9-17(25)3-4-21(19)26/h3-4,9-11,15-16,20,22H,5-8,12-14,27H2,1-2H3. The zero-order chi connectivity index (χ0) is 25.2. The molecule has 0 radical (unpaired) electrons. The van der Waals surface area contributed by atoms with E-state index < -0.39 is 11.6 Å². The predicted molar refractivity (Wildman–Crippen MR) is 130 cm³/mol. The summed E-state index contributed by atoms with van der Waals surface area (Å²) in [5, 5.41) is 12.7. The molecule has 2 fully saturated rings. The van der Waals surface area contributed by atoms with Crippen molar-refractivity contribution in [1.82, 2.24) is 30.2 Å². The fourth-order valence-corrected chi connectivity index (χ4v) is 4.74. The van der Waals surface area contributed by atoms with Gasteiger partial charge in [-0.05, 0) is 61.6 Å². The Balaban J connectivity index is 1.11. The number of anilines is 2. The molecular weight excluding hydrogens is 468 g/mol. The Morgan fingerprint density at radius 2 is 1.81 bits per heavy atom. The molecule has 2 atom stereocenters. The summed E-state index contributed by atoms with van der Waals surface area (Å²) in [6.07, 6.45) is 5.23. The smallest absolute Gasteiger partial charge is 0.266 e. The molecule has 2 aliphatic rings. The van der Waals surface area contributed by atoms with Crippen LogP contribution in [0.5, 0.6) is 5.75 Å². The van der Waals surface area contributed by atoms with E-state index in [4.69, 9.17) is 10.5 Å². The lowest BCUT2D eigenvalue weighted by Crippen LogP contribution is -2.36. The Bertz CT molecular complexity index is 1160. The van der Waals surface area contributed by atoms with Gasteiger partial charge in [-0.2, -0.15) is 4.80 Å². The molecule has 2 aliphatic heterocycles. The van der Waals surface area contributed by atoms with Crippen molar-refractivity contribution in [2.45, 2.75) is 44.7 Å². The Labute approximate surface area is 208 Å². The minimum absolute atomic E-state index is 0.186. The Hall–Kier alpha value is -3.41. The summed E-state index contributed by atoms with van der Waals surface area (Å²) in [6, 6.07) is 3.31. The number of tetrazole rings is 1. The van der Waals surface area contributed by atoms with Crippen molar-refractivity contribution in [1.29, 1.82) is 0 Å². The molecule has 0 bridgehead atoms. The number of hydrogen-bond donors (Lipinski definition) is 1. The molecule has 0 amide bonds. The van der Waals surface area contributed by atoms with Gasteiger partial charge in [-0.1, -0.05) is 5.10 Å². The fraction of sp³-hybridized carbons (Fsp3) is 0.542. The van der Waals surface area contributed by atoms with E-state index in [0.29, 0.717) is 43.3 Å². The number of nitrogens with zero attached hydrogens (tertiary/aromatic N) is 8. The monoisotopic (exact) mass is 499 g/mol. The molecule has 10 nitrogen and oxygen atoms in total. The number of rotatable bonds is 7. The van der Waals surface area contributed by atoms with Crippen molar-refractivity contribution < 1.29 is 13.5 Å². The van der Waals surface area contributed by atoms with Crippen molar-refractivity contribution in [2.24, 2.45) is 11.7 Å². The fourth-order valence-electron chi connectivity index (χ4n) is 4.74. The largest absolute Gasteiger partial charge is 0.490 e. The van der Waals surface area contributed by atoms with Gasteiger partial charge in [0, 0.05) is 38.1 Å². The molecule has 192 valence electrons. The molecule has 1 aromatic carbocycles. The predicted octanol–water partition coefficient (Wildman–Crippen LogP) is 2.55. The van der Waals surface area contributed by atoms with Gasteiger partial charge in [0.2, 0.25) is 5.95 Å². The van der Waals surface area contributed by atoms with Gasteiger partial charge in [-0.15, -0.1) is 5.10 Å². The van der Waals surface area contributed by atoms with Crippen LogP contribution in [0.15, 0.2) is 30.6 Å². The van der Waals surface area contributed by atoms with Crippen LogP contribution in [-0.4, -0.2) is 69.0 Å². The van der Waals surface area contributed by atoms with Gasteiger partial charge in [-0.3, -0.25) is 0 Å². The normalized spacial score (nSPS) is 20.9. The lowest BCUT2D eigenvalue weighted by molar-refractivity contribution is 0.221. The maximum Gasteiger partial charge on any atom is 0.266 e. The number of nitrogens with two attached hydrogens (primary N) is 1. The van der Waals surface area contributed by atoms with Crippen LogP contribution in [-0.2, 0) is 0 Å². The summed E-state index contributed by atoms with van der Waals surface area (Å²) in [4.78, 5) is 14.5. The highest BCUT2D eigenvalue weighted by atomic mass is 19.1. The van der Waals surface area contributed by atoms with Gasteiger partial charge in [0.15, 0.2) is 5.75 Å². The van der Waals surface area contributed by atoms with Crippen LogP contribution < -0.4 is 20.3 Å². The zero-order valence-electron chi connectivity index (χ0n) is 20.5. The second-order valence-corrected chi connectivity index (χ2v) is 9.80. The minimum Gasteiger partial charge on any atom is -0.490 e. The summed E-state index contributed by atoms with van der Waals surface area (Å²) in [7, 11) is 0. The van der Waals surface area contributed by atoms with Crippen molar-refractivity contribution in [2.75, 3.05) is 42.6 Å².